The van der Waals surface area contributed by atoms with Crippen LogP contribution < -0.4 is 0 Å². The van der Waals surface area contributed by atoms with Gasteiger partial charge in [-0.3, -0.25) is 4.79 Å². The molecule has 0 bridgehead atoms. The molecule has 0 amide bonds. The van der Waals surface area contributed by atoms with Gasteiger partial charge in [-0.15, -0.1) is 0 Å². The second-order valence-electron chi connectivity index (χ2n) is 2.79. The smallest absolute Gasteiger partial charge is 0.161 e. The molecule has 3 heteroatoms. The number of hydrogen-bond donors (Lipinski definition) is 0. The molecule has 13 heavy (non-hydrogen) atoms. The molecule has 0 N–H and O–H groups in total. The molecule has 0 aliphatic heterocycles. The number of Topliss-reactive ketones (excluding diaryl/α,β-unsaturated/α-hetero) is 1. The Morgan fingerprint density at radius 1 is 1.54 bits per heavy atom. The van der Waals surface area contributed by atoms with Crippen molar-refractivity contribution in [3.63, 3.8) is 0 Å². The van der Waals surface area contributed by atoms with Crippen LogP contribution in [-0.2, 0) is 0 Å². The van der Waals surface area contributed by atoms with E-state index < -0.39 is 0 Å². The van der Waals surface area contributed by atoms with Crippen LogP contribution in [0, 0.1) is 21.8 Å². The largest absolute Gasteiger partial charge is 0.294 e. The van der Waals surface area contributed by atoms with Crippen LogP contribution in [0.2, 0.25) is 0 Å². The maximum atomic E-state index is 11.1. The summed E-state index contributed by atoms with van der Waals surface area (Å²) in [5.41, 5.74) is 2.03. The number of aryl methyl sites for hydroxylation is 1. The molecule has 0 saturated heterocycles. The summed E-state index contributed by atoms with van der Waals surface area (Å²) >= 11 is 2.09. The molecule has 0 saturated carbocycles. The van der Waals surface area contributed by atoms with Crippen LogP contribution in [0.3, 0.4) is 0 Å². The van der Waals surface area contributed by atoms with Crippen molar-refractivity contribution in [2.75, 3.05) is 0 Å². The van der Waals surface area contributed by atoms with Gasteiger partial charge in [0.15, 0.2) is 5.78 Å². The first-order chi connectivity index (χ1) is 6.07. The Morgan fingerprint density at radius 3 is 2.62 bits per heavy atom. The lowest BCUT2D eigenvalue weighted by Crippen LogP contribution is -2.00. The summed E-state index contributed by atoms with van der Waals surface area (Å²) in [6, 6.07) is 5.62. The van der Waals surface area contributed by atoms with E-state index in [4.69, 9.17) is 5.26 Å². The summed E-state index contributed by atoms with van der Waals surface area (Å²) in [6.07, 6.45) is 0. The maximum Gasteiger partial charge on any atom is 0.161 e. The lowest BCUT2D eigenvalue weighted by molar-refractivity contribution is 0.101. The normalized spacial score (nSPS) is 9.38. The first-order valence-corrected chi connectivity index (χ1v) is 4.86. The summed E-state index contributed by atoms with van der Waals surface area (Å²) in [5.74, 6) is -0.0607. The molecule has 0 heterocycles. The molecule has 0 aliphatic rings. The molecule has 2 nitrogen and oxygen atoms in total. The number of nitrogens with zero attached hydrogens (tertiary/aromatic N) is 1. The van der Waals surface area contributed by atoms with Crippen LogP contribution in [0.4, 0.5) is 0 Å². The zero-order valence-electron chi connectivity index (χ0n) is 7.39. The average molecular weight is 285 g/mol. The third kappa shape index (κ3) is 1.89. The zero-order valence-corrected chi connectivity index (χ0v) is 9.55. The van der Waals surface area contributed by atoms with E-state index in [1.807, 2.05) is 13.0 Å². The van der Waals surface area contributed by atoms with Crippen molar-refractivity contribution in [3.05, 3.63) is 32.4 Å². The Bertz CT molecular complexity index is 404. The first kappa shape index (κ1) is 10.2. The molecule has 0 fully saturated rings. The van der Waals surface area contributed by atoms with Crippen molar-refractivity contribution < 1.29 is 4.79 Å². The van der Waals surface area contributed by atoms with E-state index in [0.29, 0.717) is 11.1 Å². The standard InChI is InChI=1S/C10H8INO/c1-6-3-4-8(7(2)13)9(5-12)10(6)11/h3-4H,1-2H3. The Balaban J connectivity index is 3.50. The monoisotopic (exact) mass is 285 g/mol. The molecule has 1 rings (SSSR count). The molecule has 1 aromatic carbocycles. The Hall–Kier alpha value is -0.890. The lowest BCUT2D eigenvalue weighted by Gasteiger charge is -2.04. The van der Waals surface area contributed by atoms with Crippen molar-refractivity contribution >= 4 is 28.4 Å². The molecule has 0 spiro atoms. The van der Waals surface area contributed by atoms with Crippen LogP contribution in [0.15, 0.2) is 12.1 Å². The number of carbonyl (C=O) groups excluding carboxylic acids is 1. The van der Waals surface area contributed by atoms with Crippen LogP contribution in [-0.4, -0.2) is 5.78 Å². The number of benzene rings is 1. The Labute approximate surface area is 90.7 Å². The zero-order chi connectivity index (χ0) is 10.0. The number of hydrogen-bond acceptors (Lipinski definition) is 2. The van der Waals surface area contributed by atoms with Crippen LogP contribution in [0.5, 0.6) is 0 Å². The fourth-order valence-corrected chi connectivity index (χ4v) is 1.67. The number of rotatable bonds is 1. The number of halogens is 1. The maximum absolute atomic E-state index is 11.1. The fraction of sp³-hybridized carbons (Fsp3) is 0.200. The fourth-order valence-electron chi connectivity index (χ4n) is 1.08. The van der Waals surface area contributed by atoms with Gasteiger partial charge < -0.3 is 0 Å². The van der Waals surface area contributed by atoms with Gasteiger partial charge in [-0.05, 0) is 48.1 Å². The lowest BCUT2D eigenvalue weighted by atomic mass is 10.0. The van der Waals surface area contributed by atoms with E-state index in [1.165, 1.54) is 6.92 Å². The van der Waals surface area contributed by atoms with E-state index in [2.05, 4.69) is 28.7 Å². The van der Waals surface area contributed by atoms with Gasteiger partial charge >= 0.3 is 0 Å². The molecule has 1 aromatic rings. The van der Waals surface area contributed by atoms with Crippen molar-refractivity contribution in [1.29, 1.82) is 5.26 Å². The van der Waals surface area contributed by atoms with Crippen molar-refractivity contribution in [3.8, 4) is 6.07 Å². The predicted molar refractivity (Wildman–Crippen MR) is 58.6 cm³/mol. The minimum absolute atomic E-state index is 0.0607. The Morgan fingerprint density at radius 2 is 2.15 bits per heavy atom. The van der Waals surface area contributed by atoms with Gasteiger partial charge in [0, 0.05) is 9.13 Å². The molecule has 0 atom stereocenters. The molecule has 0 aromatic heterocycles. The van der Waals surface area contributed by atoms with Crippen molar-refractivity contribution in [1.82, 2.24) is 0 Å². The number of nitriles is 1. The molecule has 0 radical (unpaired) electrons. The number of carbonyl (C=O) groups is 1. The third-order valence-electron chi connectivity index (χ3n) is 1.83. The van der Waals surface area contributed by atoms with Crippen LogP contribution in [0.25, 0.3) is 0 Å². The average Bonchev–Trinajstić information content (AvgIpc) is 2.09. The minimum atomic E-state index is -0.0607. The van der Waals surface area contributed by atoms with Gasteiger partial charge in [-0.1, -0.05) is 6.07 Å². The van der Waals surface area contributed by atoms with Gasteiger partial charge in [0.05, 0.1) is 5.56 Å². The van der Waals surface area contributed by atoms with Crippen LogP contribution >= 0.6 is 22.6 Å². The summed E-state index contributed by atoms with van der Waals surface area (Å²) in [6.45, 7) is 3.40. The molecule has 0 aliphatic carbocycles. The van der Waals surface area contributed by atoms with Crippen molar-refractivity contribution in [2.45, 2.75) is 13.8 Å². The Kier molecular flexibility index (Phi) is 3.04. The van der Waals surface area contributed by atoms with Gasteiger partial charge in [0.1, 0.15) is 6.07 Å². The summed E-state index contributed by atoms with van der Waals surface area (Å²) in [4.78, 5) is 11.1. The van der Waals surface area contributed by atoms with E-state index in [0.717, 1.165) is 9.13 Å². The van der Waals surface area contributed by atoms with Gasteiger partial charge in [0.2, 0.25) is 0 Å². The highest BCUT2D eigenvalue weighted by Gasteiger charge is 2.11. The summed E-state index contributed by atoms with van der Waals surface area (Å²) in [7, 11) is 0. The highest BCUT2D eigenvalue weighted by atomic mass is 127. The van der Waals surface area contributed by atoms with E-state index in [9.17, 15) is 4.79 Å². The SMILES string of the molecule is CC(=O)c1ccc(C)c(I)c1C#N. The second-order valence-corrected chi connectivity index (χ2v) is 3.87. The van der Waals surface area contributed by atoms with Crippen LogP contribution in [0.1, 0.15) is 28.4 Å². The topological polar surface area (TPSA) is 40.9 Å². The second kappa shape index (κ2) is 3.88. The summed E-state index contributed by atoms with van der Waals surface area (Å²) in [5, 5.41) is 8.87. The highest BCUT2D eigenvalue weighted by molar-refractivity contribution is 14.1. The quantitative estimate of drug-likeness (QED) is 0.588. The first-order valence-electron chi connectivity index (χ1n) is 3.78. The van der Waals surface area contributed by atoms with E-state index in [1.54, 1.807) is 6.07 Å². The molecular weight excluding hydrogens is 277 g/mol. The van der Waals surface area contributed by atoms with Gasteiger partial charge in [-0.25, -0.2) is 0 Å². The number of ketones is 1. The van der Waals surface area contributed by atoms with E-state index in [-0.39, 0.29) is 5.78 Å². The van der Waals surface area contributed by atoms with Gasteiger partial charge in [0.25, 0.3) is 0 Å². The van der Waals surface area contributed by atoms with Gasteiger partial charge in [-0.2, -0.15) is 5.26 Å². The minimum Gasteiger partial charge on any atom is -0.294 e. The van der Waals surface area contributed by atoms with Crippen molar-refractivity contribution in [2.24, 2.45) is 0 Å². The molecule has 0 unspecified atom stereocenters. The molecular formula is C10H8INO. The summed E-state index contributed by atoms with van der Waals surface area (Å²) < 4.78 is 0.868. The molecule has 66 valence electrons. The third-order valence-corrected chi connectivity index (χ3v) is 3.22. The van der Waals surface area contributed by atoms with E-state index >= 15 is 0 Å². The predicted octanol–water partition coefficient (Wildman–Crippen LogP) is 2.67. The highest BCUT2D eigenvalue weighted by Crippen LogP contribution is 2.20.